The second-order valence-electron chi connectivity index (χ2n) is 9.18. The molecular formula is C24H34N4O3. The van der Waals surface area contributed by atoms with Crippen LogP contribution in [0, 0.1) is 0 Å². The fourth-order valence-corrected chi connectivity index (χ4v) is 3.91. The largest absolute Gasteiger partial charge is 0.444 e. The zero-order valence-corrected chi connectivity index (χ0v) is 19.1. The minimum atomic E-state index is -0.542. The summed E-state index contributed by atoms with van der Waals surface area (Å²) >= 11 is 0. The maximum Gasteiger partial charge on any atom is 0.410 e. The lowest BCUT2D eigenvalue weighted by atomic mass is 10.1. The number of hydrogen-bond donors (Lipinski definition) is 1. The highest BCUT2D eigenvalue weighted by Crippen LogP contribution is 2.20. The van der Waals surface area contributed by atoms with E-state index in [4.69, 9.17) is 4.74 Å². The molecule has 0 aliphatic carbocycles. The summed E-state index contributed by atoms with van der Waals surface area (Å²) in [4.78, 5) is 27.5. The van der Waals surface area contributed by atoms with Crippen LogP contribution in [0.1, 0.15) is 68.1 Å². The van der Waals surface area contributed by atoms with E-state index in [-0.39, 0.29) is 18.0 Å². The molecule has 1 aliphatic rings. The molecule has 2 amide bonds. The molecule has 1 aromatic heterocycles. The molecule has 1 aliphatic heterocycles. The number of amides is 2. The monoisotopic (exact) mass is 426 g/mol. The molecule has 1 N–H and O–H groups in total. The lowest BCUT2D eigenvalue weighted by Gasteiger charge is -2.32. The van der Waals surface area contributed by atoms with Crippen molar-refractivity contribution in [3.05, 3.63) is 53.3 Å². The van der Waals surface area contributed by atoms with Crippen molar-refractivity contribution >= 4 is 12.0 Å². The first-order chi connectivity index (χ1) is 14.7. The van der Waals surface area contributed by atoms with Gasteiger partial charge in [0.15, 0.2) is 0 Å². The van der Waals surface area contributed by atoms with Crippen molar-refractivity contribution < 1.29 is 14.3 Å². The van der Waals surface area contributed by atoms with Crippen LogP contribution < -0.4 is 5.32 Å². The van der Waals surface area contributed by atoms with Crippen molar-refractivity contribution in [3.8, 4) is 0 Å². The van der Waals surface area contributed by atoms with Gasteiger partial charge in [-0.05, 0) is 39.2 Å². The molecule has 0 bridgehead atoms. The van der Waals surface area contributed by atoms with Crippen LogP contribution in [0.2, 0.25) is 0 Å². The Morgan fingerprint density at radius 1 is 1.16 bits per heavy atom. The van der Waals surface area contributed by atoms with Gasteiger partial charge in [-0.25, -0.2) is 4.79 Å². The smallest absolute Gasteiger partial charge is 0.410 e. The van der Waals surface area contributed by atoms with E-state index in [9.17, 15) is 9.59 Å². The number of aryl methyl sites for hydroxylation is 1. The van der Waals surface area contributed by atoms with Crippen LogP contribution in [0.5, 0.6) is 0 Å². The van der Waals surface area contributed by atoms with Gasteiger partial charge in [0.25, 0.3) is 5.91 Å². The average Bonchev–Trinajstić information content (AvgIpc) is 2.92. The number of ether oxygens (including phenoxy) is 1. The van der Waals surface area contributed by atoms with Gasteiger partial charge in [-0.3, -0.25) is 9.48 Å². The predicted octanol–water partition coefficient (Wildman–Crippen LogP) is 3.92. The fourth-order valence-electron chi connectivity index (χ4n) is 3.91. The van der Waals surface area contributed by atoms with E-state index >= 15 is 0 Å². The lowest BCUT2D eigenvalue weighted by Crippen LogP contribution is -2.48. The van der Waals surface area contributed by atoms with Gasteiger partial charge in [0, 0.05) is 26.6 Å². The Bertz CT molecular complexity index is 886. The second-order valence-corrected chi connectivity index (χ2v) is 9.18. The maximum atomic E-state index is 13.0. The highest BCUT2D eigenvalue weighted by atomic mass is 16.6. The number of hydrogen-bond acceptors (Lipinski definition) is 4. The Balaban J connectivity index is 1.68. The molecule has 1 saturated heterocycles. The Labute approximate surface area is 184 Å². The van der Waals surface area contributed by atoms with Crippen LogP contribution in [0.25, 0.3) is 0 Å². The normalized spacial score (nSPS) is 17.2. The first-order valence-corrected chi connectivity index (χ1v) is 11.1. The van der Waals surface area contributed by atoms with E-state index in [1.807, 2.05) is 58.2 Å². The minimum Gasteiger partial charge on any atom is -0.444 e. The molecule has 3 rings (SSSR count). The summed E-state index contributed by atoms with van der Waals surface area (Å²) in [5.74, 6) is -0.160. The topological polar surface area (TPSA) is 76.5 Å². The molecule has 168 valence electrons. The first kappa shape index (κ1) is 22.8. The predicted molar refractivity (Wildman–Crippen MR) is 120 cm³/mol. The summed E-state index contributed by atoms with van der Waals surface area (Å²) in [6.45, 7) is 6.67. The molecule has 1 aromatic carbocycles. The van der Waals surface area contributed by atoms with E-state index in [0.717, 1.165) is 36.9 Å². The number of carbonyl (C=O) groups excluding carboxylic acids is 2. The molecule has 0 radical (unpaired) electrons. The number of likely N-dealkylation sites (tertiary alicyclic amines) is 1. The average molecular weight is 427 g/mol. The zero-order valence-electron chi connectivity index (χ0n) is 19.1. The van der Waals surface area contributed by atoms with Crippen molar-refractivity contribution in [2.45, 2.75) is 64.5 Å². The van der Waals surface area contributed by atoms with Crippen LogP contribution >= 0.6 is 0 Å². The van der Waals surface area contributed by atoms with Crippen LogP contribution in [-0.2, 0) is 18.2 Å². The fraction of sp³-hybridized carbons (Fsp3) is 0.542. The summed E-state index contributed by atoms with van der Waals surface area (Å²) in [7, 11) is 1.85. The number of nitrogens with one attached hydrogen (secondary N) is 1. The molecule has 2 heterocycles. The Kier molecular flexibility index (Phi) is 7.36. The van der Waals surface area contributed by atoms with E-state index in [2.05, 4.69) is 10.4 Å². The third-order valence-corrected chi connectivity index (χ3v) is 5.52. The van der Waals surface area contributed by atoms with Crippen molar-refractivity contribution in [3.63, 3.8) is 0 Å². The molecule has 1 unspecified atom stereocenters. The highest BCUT2D eigenvalue weighted by molar-refractivity contribution is 5.95. The van der Waals surface area contributed by atoms with Gasteiger partial charge in [-0.15, -0.1) is 0 Å². The van der Waals surface area contributed by atoms with Crippen molar-refractivity contribution in [1.29, 1.82) is 0 Å². The molecular weight excluding hydrogens is 392 g/mol. The highest BCUT2D eigenvalue weighted by Gasteiger charge is 2.30. The van der Waals surface area contributed by atoms with Gasteiger partial charge in [0.05, 0.1) is 23.5 Å². The summed E-state index contributed by atoms with van der Waals surface area (Å²) in [5, 5.41) is 7.34. The lowest BCUT2D eigenvalue weighted by molar-refractivity contribution is 0.0165. The van der Waals surface area contributed by atoms with Crippen LogP contribution in [0.3, 0.4) is 0 Å². The van der Waals surface area contributed by atoms with Crippen molar-refractivity contribution in [2.24, 2.45) is 7.05 Å². The van der Waals surface area contributed by atoms with E-state index < -0.39 is 5.60 Å². The van der Waals surface area contributed by atoms with Gasteiger partial charge >= 0.3 is 6.09 Å². The van der Waals surface area contributed by atoms with Gasteiger partial charge in [0.1, 0.15) is 5.60 Å². The number of aromatic nitrogens is 2. The number of rotatable bonds is 5. The Morgan fingerprint density at radius 2 is 1.90 bits per heavy atom. The number of nitrogens with zero attached hydrogens (tertiary/aromatic N) is 3. The van der Waals surface area contributed by atoms with E-state index in [1.165, 1.54) is 0 Å². The number of carbonyl (C=O) groups is 2. The molecule has 0 spiro atoms. The molecule has 7 nitrogen and oxygen atoms in total. The van der Waals surface area contributed by atoms with Crippen molar-refractivity contribution in [2.75, 3.05) is 13.1 Å². The maximum absolute atomic E-state index is 13.0. The summed E-state index contributed by atoms with van der Waals surface area (Å²) < 4.78 is 7.35. The summed E-state index contributed by atoms with van der Waals surface area (Å²) in [5.41, 5.74) is 2.02. The van der Waals surface area contributed by atoms with Gasteiger partial charge in [0.2, 0.25) is 0 Å². The third-order valence-electron chi connectivity index (χ3n) is 5.52. The molecule has 0 saturated carbocycles. The standard InChI is InChI=1S/C24H34N4O3/c1-24(2,3)31-23(30)28-14-10-6-9-13-19(28)16-25-22(29)20-17-26-27(4)21(20)15-18-11-7-5-8-12-18/h5,7-8,11-12,17,19H,6,9-10,13-16H2,1-4H3,(H,25,29). The van der Waals surface area contributed by atoms with Crippen LogP contribution in [-0.4, -0.2) is 51.4 Å². The molecule has 1 fully saturated rings. The SMILES string of the molecule is Cn1ncc(C(=O)NCC2CCCCCN2C(=O)OC(C)(C)C)c1Cc1ccccc1. The van der Waals surface area contributed by atoms with E-state index in [0.29, 0.717) is 25.1 Å². The molecule has 1 atom stereocenters. The molecule has 2 aromatic rings. The van der Waals surface area contributed by atoms with Crippen LogP contribution in [0.4, 0.5) is 4.79 Å². The van der Waals surface area contributed by atoms with Crippen LogP contribution in [0.15, 0.2) is 36.5 Å². The second kappa shape index (κ2) is 9.98. The molecule has 31 heavy (non-hydrogen) atoms. The first-order valence-electron chi connectivity index (χ1n) is 11.1. The minimum absolute atomic E-state index is 0.0736. The van der Waals surface area contributed by atoms with Gasteiger partial charge in [-0.2, -0.15) is 5.10 Å². The summed E-state index contributed by atoms with van der Waals surface area (Å²) in [6, 6.07) is 9.96. The zero-order chi connectivity index (χ0) is 22.4. The summed E-state index contributed by atoms with van der Waals surface area (Å²) in [6.07, 6.45) is 5.86. The molecule has 7 heteroatoms. The quantitative estimate of drug-likeness (QED) is 0.786. The van der Waals surface area contributed by atoms with Gasteiger partial charge in [-0.1, -0.05) is 43.2 Å². The third kappa shape index (κ3) is 6.32. The Hall–Kier alpha value is -2.83. The Morgan fingerprint density at radius 3 is 2.61 bits per heavy atom. The van der Waals surface area contributed by atoms with E-state index in [1.54, 1.807) is 15.8 Å². The van der Waals surface area contributed by atoms with Gasteiger partial charge < -0.3 is 15.0 Å². The number of benzene rings is 1. The van der Waals surface area contributed by atoms with Crippen molar-refractivity contribution in [1.82, 2.24) is 20.0 Å².